The summed E-state index contributed by atoms with van der Waals surface area (Å²) in [4.78, 5) is 2.17. The van der Waals surface area contributed by atoms with Crippen LogP contribution in [0.3, 0.4) is 0 Å². The van der Waals surface area contributed by atoms with Gasteiger partial charge in [-0.05, 0) is 37.9 Å². The summed E-state index contributed by atoms with van der Waals surface area (Å²) in [6.07, 6.45) is 2.71. The van der Waals surface area contributed by atoms with Crippen LogP contribution in [0, 0.1) is 5.82 Å². The molecule has 0 radical (unpaired) electrons. The lowest BCUT2D eigenvalue weighted by Crippen LogP contribution is -2.31. The molecule has 0 heterocycles. The van der Waals surface area contributed by atoms with E-state index in [1.807, 2.05) is 13.1 Å². The molecule has 0 aliphatic carbocycles. The molecule has 0 saturated heterocycles. The van der Waals surface area contributed by atoms with E-state index in [0.717, 1.165) is 24.1 Å². The highest BCUT2D eigenvalue weighted by molar-refractivity contribution is 5.54. The van der Waals surface area contributed by atoms with E-state index in [1.165, 1.54) is 6.07 Å². The fraction of sp³-hybridized carbons (Fsp3) is 0.571. The molecule has 0 atom stereocenters. The first-order valence-corrected chi connectivity index (χ1v) is 6.35. The van der Waals surface area contributed by atoms with E-state index in [2.05, 4.69) is 18.7 Å². The van der Waals surface area contributed by atoms with Gasteiger partial charge in [0, 0.05) is 24.3 Å². The summed E-state index contributed by atoms with van der Waals surface area (Å²) in [7, 11) is 2.03. The third kappa shape index (κ3) is 3.19. The van der Waals surface area contributed by atoms with Crippen molar-refractivity contribution in [1.82, 2.24) is 0 Å². The minimum Gasteiger partial charge on any atom is -0.371 e. The van der Waals surface area contributed by atoms with E-state index in [-0.39, 0.29) is 5.82 Å². The van der Waals surface area contributed by atoms with Gasteiger partial charge in [0.2, 0.25) is 0 Å². The fourth-order valence-electron chi connectivity index (χ4n) is 2.30. The minimum absolute atomic E-state index is 0.147. The molecular weight excluding hydrogens is 215 g/mol. The molecule has 0 amide bonds. The smallest absolute Gasteiger partial charge is 0.128 e. The quantitative estimate of drug-likeness (QED) is 0.825. The van der Waals surface area contributed by atoms with Crippen LogP contribution < -0.4 is 10.6 Å². The summed E-state index contributed by atoms with van der Waals surface area (Å²) in [5.41, 5.74) is 7.27. The number of anilines is 1. The van der Waals surface area contributed by atoms with Crippen LogP contribution in [0.15, 0.2) is 18.2 Å². The zero-order valence-electron chi connectivity index (χ0n) is 11.0. The number of rotatable bonds is 6. The van der Waals surface area contributed by atoms with E-state index in [4.69, 9.17) is 5.73 Å². The molecular formula is C14H23FN2. The van der Waals surface area contributed by atoms with Gasteiger partial charge in [0.25, 0.3) is 0 Å². The summed E-state index contributed by atoms with van der Waals surface area (Å²) in [6.45, 7) is 4.80. The van der Waals surface area contributed by atoms with Crippen molar-refractivity contribution in [2.75, 3.05) is 18.5 Å². The van der Waals surface area contributed by atoms with Crippen molar-refractivity contribution in [3.63, 3.8) is 0 Å². The lowest BCUT2D eigenvalue weighted by Gasteiger charge is -2.30. The highest BCUT2D eigenvalue weighted by Crippen LogP contribution is 2.25. The first-order valence-electron chi connectivity index (χ1n) is 6.35. The van der Waals surface area contributed by atoms with Gasteiger partial charge in [-0.1, -0.05) is 19.9 Å². The van der Waals surface area contributed by atoms with Gasteiger partial charge in [0.15, 0.2) is 0 Å². The fourth-order valence-corrected chi connectivity index (χ4v) is 2.30. The molecule has 0 bridgehead atoms. The molecule has 2 nitrogen and oxygen atoms in total. The molecule has 0 spiro atoms. The van der Waals surface area contributed by atoms with Gasteiger partial charge in [-0.15, -0.1) is 0 Å². The van der Waals surface area contributed by atoms with Crippen molar-refractivity contribution in [2.45, 2.75) is 39.2 Å². The predicted octanol–water partition coefficient (Wildman–Crippen LogP) is 2.95. The lowest BCUT2D eigenvalue weighted by atomic mass is 10.0. The Hall–Kier alpha value is -1.09. The van der Waals surface area contributed by atoms with Gasteiger partial charge < -0.3 is 10.6 Å². The molecule has 1 aromatic rings. The van der Waals surface area contributed by atoms with Crippen molar-refractivity contribution in [3.8, 4) is 0 Å². The third-order valence-corrected chi connectivity index (χ3v) is 3.36. The number of nitrogens with zero attached hydrogens (tertiary/aromatic N) is 1. The van der Waals surface area contributed by atoms with Crippen LogP contribution in [0.25, 0.3) is 0 Å². The second kappa shape index (κ2) is 6.60. The van der Waals surface area contributed by atoms with Crippen molar-refractivity contribution in [2.24, 2.45) is 5.73 Å². The lowest BCUT2D eigenvalue weighted by molar-refractivity contribution is 0.578. The third-order valence-electron chi connectivity index (χ3n) is 3.36. The van der Waals surface area contributed by atoms with Crippen LogP contribution in [0.4, 0.5) is 10.1 Å². The maximum absolute atomic E-state index is 13.8. The average molecular weight is 238 g/mol. The molecule has 2 N–H and O–H groups in total. The van der Waals surface area contributed by atoms with E-state index in [9.17, 15) is 4.39 Å². The Labute approximate surface area is 104 Å². The number of hydrogen-bond donors (Lipinski definition) is 1. The Morgan fingerprint density at radius 1 is 1.29 bits per heavy atom. The monoisotopic (exact) mass is 238 g/mol. The SMILES string of the molecule is CCC(CC)N(C)c1cccc(F)c1CCN. The number of nitrogens with two attached hydrogens (primary N) is 1. The average Bonchev–Trinajstić information content (AvgIpc) is 2.33. The van der Waals surface area contributed by atoms with Crippen LogP contribution in [-0.4, -0.2) is 19.6 Å². The van der Waals surface area contributed by atoms with Crippen LogP contribution in [0.2, 0.25) is 0 Å². The van der Waals surface area contributed by atoms with Crippen molar-refractivity contribution in [1.29, 1.82) is 0 Å². The molecule has 0 saturated carbocycles. The highest BCUT2D eigenvalue weighted by atomic mass is 19.1. The molecule has 0 unspecified atom stereocenters. The van der Waals surface area contributed by atoms with Crippen molar-refractivity contribution < 1.29 is 4.39 Å². The predicted molar refractivity (Wildman–Crippen MR) is 71.9 cm³/mol. The number of benzene rings is 1. The number of hydrogen-bond acceptors (Lipinski definition) is 2. The first-order chi connectivity index (χ1) is 8.15. The van der Waals surface area contributed by atoms with E-state index < -0.39 is 0 Å². The zero-order chi connectivity index (χ0) is 12.8. The van der Waals surface area contributed by atoms with Crippen molar-refractivity contribution >= 4 is 5.69 Å². The molecule has 3 heteroatoms. The molecule has 1 aromatic carbocycles. The van der Waals surface area contributed by atoms with Gasteiger partial charge in [-0.2, -0.15) is 0 Å². The molecule has 0 aliphatic heterocycles. The Morgan fingerprint density at radius 3 is 2.47 bits per heavy atom. The largest absolute Gasteiger partial charge is 0.371 e. The van der Waals surface area contributed by atoms with Crippen LogP contribution in [0.5, 0.6) is 0 Å². The first kappa shape index (κ1) is 14.0. The Kier molecular flexibility index (Phi) is 5.42. The summed E-state index contributed by atoms with van der Waals surface area (Å²) < 4.78 is 13.8. The molecule has 0 aliphatic rings. The second-order valence-corrected chi connectivity index (χ2v) is 4.36. The Bertz CT molecular complexity index is 348. The second-order valence-electron chi connectivity index (χ2n) is 4.36. The van der Waals surface area contributed by atoms with Crippen LogP contribution in [0.1, 0.15) is 32.3 Å². The molecule has 0 fully saturated rings. The van der Waals surface area contributed by atoms with Gasteiger partial charge in [0.05, 0.1) is 0 Å². The highest BCUT2D eigenvalue weighted by Gasteiger charge is 2.16. The molecule has 0 aromatic heterocycles. The Morgan fingerprint density at radius 2 is 1.94 bits per heavy atom. The summed E-state index contributed by atoms with van der Waals surface area (Å²) in [5, 5.41) is 0. The summed E-state index contributed by atoms with van der Waals surface area (Å²) in [6, 6.07) is 5.71. The van der Waals surface area contributed by atoms with Crippen LogP contribution >= 0.6 is 0 Å². The van der Waals surface area contributed by atoms with Gasteiger partial charge >= 0.3 is 0 Å². The number of halogens is 1. The maximum Gasteiger partial charge on any atom is 0.128 e. The topological polar surface area (TPSA) is 29.3 Å². The molecule has 1 rings (SSSR count). The van der Waals surface area contributed by atoms with Gasteiger partial charge in [-0.3, -0.25) is 0 Å². The molecule has 96 valence electrons. The van der Waals surface area contributed by atoms with Crippen molar-refractivity contribution in [3.05, 3.63) is 29.6 Å². The van der Waals surface area contributed by atoms with Gasteiger partial charge in [-0.25, -0.2) is 4.39 Å². The minimum atomic E-state index is -0.147. The van der Waals surface area contributed by atoms with Gasteiger partial charge in [0.1, 0.15) is 5.82 Å². The summed E-state index contributed by atoms with van der Waals surface area (Å²) >= 11 is 0. The van der Waals surface area contributed by atoms with E-state index >= 15 is 0 Å². The Balaban J connectivity index is 3.07. The normalized spacial score (nSPS) is 10.9. The zero-order valence-corrected chi connectivity index (χ0v) is 11.0. The van der Waals surface area contributed by atoms with E-state index in [0.29, 0.717) is 19.0 Å². The van der Waals surface area contributed by atoms with E-state index in [1.54, 1.807) is 6.07 Å². The molecule has 17 heavy (non-hydrogen) atoms. The standard InChI is InChI=1S/C14H23FN2/c1-4-11(5-2)17(3)14-8-6-7-13(15)12(14)9-10-16/h6-8,11H,4-5,9-10,16H2,1-3H3. The summed E-state index contributed by atoms with van der Waals surface area (Å²) in [5.74, 6) is -0.147. The maximum atomic E-state index is 13.8. The van der Waals surface area contributed by atoms with Crippen LogP contribution in [-0.2, 0) is 6.42 Å².